The molecule has 2 heteroatoms. The average molecular weight is 217 g/mol. The fourth-order valence-electron chi connectivity index (χ4n) is 2.64. The molecule has 0 spiro atoms. The lowest BCUT2D eigenvalue weighted by molar-refractivity contribution is -0.119. The summed E-state index contributed by atoms with van der Waals surface area (Å²) in [4.78, 5) is 11.5. The van der Waals surface area contributed by atoms with Gasteiger partial charge in [-0.1, -0.05) is 38.1 Å². The second kappa shape index (κ2) is 4.69. The summed E-state index contributed by atoms with van der Waals surface area (Å²) in [7, 11) is 0. The first-order valence-electron chi connectivity index (χ1n) is 6.13. The molecule has 1 N–H and O–H groups in total. The first-order valence-corrected chi connectivity index (χ1v) is 6.13. The number of carbonyl (C=O) groups is 1. The maximum atomic E-state index is 11.5. The summed E-state index contributed by atoms with van der Waals surface area (Å²) in [5, 5.41) is 3.06. The molecule has 16 heavy (non-hydrogen) atoms. The Kier molecular flexibility index (Phi) is 3.28. The van der Waals surface area contributed by atoms with Crippen LogP contribution in [0.4, 0.5) is 0 Å². The third kappa shape index (κ3) is 1.97. The van der Waals surface area contributed by atoms with E-state index in [9.17, 15) is 4.79 Å². The molecule has 1 heterocycles. The highest BCUT2D eigenvalue weighted by molar-refractivity contribution is 5.80. The Labute approximate surface area is 97.1 Å². The van der Waals surface area contributed by atoms with Crippen LogP contribution in [0.25, 0.3) is 0 Å². The number of benzene rings is 1. The van der Waals surface area contributed by atoms with Crippen LogP contribution >= 0.6 is 0 Å². The highest BCUT2D eigenvalue weighted by Crippen LogP contribution is 2.32. The van der Waals surface area contributed by atoms with Gasteiger partial charge in [0.1, 0.15) is 0 Å². The third-order valence-corrected chi connectivity index (χ3v) is 3.51. The molecule has 1 aliphatic rings. The van der Waals surface area contributed by atoms with Crippen LogP contribution in [-0.2, 0) is 11.2 Å². The molecule has 1 aromatic carbocycles. The van der Waals surface area contributed by atoms with Crippen molar-refractivity contribution in [2.75, 3.05) is 0 Å². The lowest BCUT2D eigenvalue weighted by atomic mass is 9.86. The molecule has 1 aliphatic heterocycles. The van der Waals surface area contributed by atoms with E-state index in [2.05, 4.69) is 43.4 Å². The van der Waals surface area contributed by atoms with Gasteiger partial charge in [-0.05, 0) is 24.0 Å². The van der Waals surface area contributed by atoms with Crippen molar-refractivity contribution in [3.05, 3.63) is 35.4 Å². The quantitative estimate of drug-likeness (QED) is 0.828. The number of carbonyl (C=O) groups excluding carboxylic acids is 1. The molecule has 2 nitrogen and oxygen atoms in total. The minimum atomic E-state index is 0.197. The van der Waals surface area contributed by atoms with E-state index in [-0.39, 0.29) is 5.91 Å². The van der Waals surface area contributed by atoms with Gasteiger partial charge in [0.15, 0.2) is 0 Å². The van der Waals surface area contributed by atoms with Crippen molar-refractivity contribution >= 4 is 5.91 Å². The molecule has 1 saturated heterocycles. The van der Waals surface area contributed by atoms with Crippen LogP contribution in [0.3, 0.4) is 0 Å². The molecular weight excluding hydrogens is 198 g/mol. The van der Waals surface area contributed by atoms with Crippen molar-refractivity contribution in [2.24, 2.45) is 0 Å². The Morgan fingerprint density at radius 3 is 2.75 bits per heavy atom. The summed E-state index contributed by atoms with van der Waals surface area (Å²) in [6.45, 7) is 4.31. The molecule has 1 aromatic rings. The lowest BCUT2D eigenvalue weighted by Gasteiger charge is -2.20. The molecule has 0 aliphatic carbocycles. The molecule has 0 aromatic heterocycles. The standard InChI is InChI=1S/C14H19NO/c1-3-10-7-5-6-8-11(10)12-9-14(16)15-13(12)4-2/h5-8,12-13H,3-4,9H2,1-2H3,(H,15,16). The first kappa shape index (κ1) is 11.2. The largest absolute Gasteiger partial charge is 0.353 e. The molecule has 1 amide bonds. The van der Waals surface area contributed by atoms with E-state index >= 15 is 0 Å². The summed E-state index contributed by atoms with van der Waals surface area (Å²) in [5.41, 5.74) is 2.73. The topological polar surface area (TPSA) is 29.1 Å². The van der Waals surface area contributed by atoms with Crippen LogP contribution in [-0.4, -0.2) is 11.9 Å². The van der Waals surface area contributed by atoms with Gasteiger partial charge in [-0.3, -0.25) is 4.79 Å². The summed E-state index contributed by atoms with van der Waals surface area (Å²) in [5.74, 6) is 0.566. The Bertz CT molecular complexity index is 386. The van der Waals surface area contributed by atoms with Gasteiger partial charge in [0.2, 0.25) is 5.91 Å². The molecule has 0 bridgehead atoms. The van der Waals surface area contributed by atoms with Gasteiger partial charge >= 0.3 is 0 Å². The number of amides is 1. The zero-order valence-electron chi connectivity index (χ0n) is 9.99. The Balaban J connectivity index is 2.32. The molecule has 2 unspecified atom stereocenters. The monoisotopic (exact) mass is 217 g/mol. The van der Waals surface area contributed by atoms with Gasteiger partial charge in [-0.25, -0.2) is 0 Å². The molecule has 2 rings (SSSR count). The van der Waals surface area contributed by atoms with Gasteiger partial charge in [0.05, 0.1) is 0 Å². The lowest BCUT2D eigenvalue weighted by Crippen LogP contribution is -2.27. The van der Waals surface area contributed by atoms with E-state index in [1.807, 2.05) is 0 Å². The summed E-state index contributed by atoms with van der Waals surface area (Å²) >= 11 is 0. The highest BCUT2D eigenvalue weighted by Gasteiger charge is 2.32. The fraction of sp³-hybridized carbons (Fsp3) is 0.500. The molecule has 2 atom stereocenters. The van der Waals surface area contributed by atoms with E-state index in [0.717, 1.165) is 12.8 Å². The molecule has 86 valence electrons. The molecule has 1 fully saturated rings. The van der Waals surface area contributed by atoms with E-state index in [1.165, 1.54) is 11.1 Å². The highest BCUT2D eigenvalue weighted by atomic mass is 16.2. The predicted molar refractivity (Wildman–Crippen MR) is 65.4 cm³/mol. The molecule has 0 saturated carbocycles. The summed E-state index contributed by atoms with van der Waals surface area (Å²) in [6, 6.07) is 8.81. The van der Waals surface area contributed by atoms with E-state index in [1.54, 1.807) is 0 Å². The zero-order valence-corrected chi connectivity index (χ0v) is 9.99. The Hall–Kier alpha value is -1.31. The minimum Gasteiger partial charge on any atom is -0.353 e. The van der Waals surface area contributed by atoms with Gasteiger partial charge in [0, 0.05) is 18.4 Å². The average Bonchev–Trinajstić information content (AvgIpc) is 2.70. The minimum absolute atomic E-state index is 0.197. The van der Waals surface area contributed by atoms with E-state index < -0.39 is 0 Å². The van der Waals surface area contributed by atoms with Gasteiger partial charge in [-0.2, -0.15) is 0 Å². The maximum Gasteiger partial charge on any atom is 0.220 e. The number of hydrogen-bond acceptors (Lipinski definition) is 1. The Morgan fingerprint density at radius 1 is 1.31 bits per heavy atom. The predicted octanol–water partition coefficient (Wildman–Crippen LogP) is 2.63. The number of hydrogen-bond donors (Lipinski definition) is 1. The van der Waals surface area contributed by atoms with Gasteiger partial charge < -0.3 is 5.32 Å². The Morgan fingerprint density at radius 2 is 2.06 bits per heavy atom. The normalized spacial score (nSPS) is 24.5. The molecular formula is C14H19NO. The van der Waals surface area contributed by atoms with Gasteiger partial charge in [-0.15, -0.1) is 0 Å². The third-order valence-electron chi connectivity index (χ3n) is 3.51. The second-order valence-corrected chi connectivity index (χ2v) is 4.45. The zero-order chi connectivity index (χ0) is 11.5. The van der Waals surface area contributed by atoms with Crippen molar-refractivity contribution in [3.8, 4) is 0 Å². The maximum absolute atomic E-state index is 11.5. The molecule has 0 radical (unpaired) electrons. The SMILES string of the molecule is CCc1ccccc1C1CC(=O)NC1CC. The first-order chi connectivity index (χ1) is 7.76. The van der Waals surface area contributed by atoms with Crippen LogP contribution in [0, 0.1) is 0 Å². The number of nitrogens with one attached hydrogen (secondary N) is 1. The number of aryl methyl sites for hydroxylation is 1. The smallest absolute Gasteiger partial charge is 0.220 e. The van der Waals surface area contributed by atoms with E-state index in [4.69, 9.17) is 0 Å². The van der Waals surface area contributed by atoms with Crippen LogP contribution in [0.2, 0.25) is 0 Å². The van der Waals surface area contributed by atoms with Crippen molar-refractivity contribution < 1.29 is 4.79 Å². The van der Waals surface area contributed by atoms with Crippen molar-refractivity contribution in [3.63, 3.8) is 0 Å². The van der Waals surface area contributed by atoms with Crippen LogP contribution in [0.15, 0.2) is 24.3 Å². The van der Waals surface area contributed by atoms with Crippen molar-refractivity contribution in [1.29, 1.82) is 0 Å². The summed E-state index contributed by atoms with van der Waals surface area (Å²) in [6.07, 6.45) is 2.70. The van der Waals surface area contributed by atoms with Gasteiger partial charge in [0.25, 0.3) is 0 Å². The second-order valence-electron chi connectivity index (χ2n) is 4.45. The van der Waals surface area contributed by atoms with Crippen LogP contribution in [0.5, 0.6) is 0 Å². The van der Waals surface area contributed by atoms with Crippen molar-refractivity contribution in [2.45, 2.75) is 45.1 Å². The number of rotatable bonds is 3. The summed E-state index contributed by atoms with van der Waals surface area (Å²) < 4.78 is 0. The van der Waals surface area contributed by atoms with Crippen molar-refractivity contribution in [1.82, 2.24) is 5.32 Å². The fourth-order valence-corrected chi connectivity index (χ4v) is 2.64. The van der Waals surface area contributed by atoms with E-state index in [0.29, 0.717) is 18.4 Å². The van der Waals surface area contributed by atoms with Crippen LogP contribution < -0.4 is 5.32 Å². The van der Waals surface area contributed by atoms with Crippen LogP contribution in [0.1, 0.15) is 43.7 Å².